The first-order chi connectivity index (χ1) is 11.5. The third-order valence-electron chi connectivity index (χ3n) is 4.86. The fourth-order valence-corrected chi connectivity index (χ4v) is 3.65. The minimum absolute atomic E-state index is 0. The van der Waals surface area contributed by atoms with E-state index in [1.54, 1.807) is 0 Å². The molecule has 4 nitrogen and oxygen atoms in total. The number of halogens is 1. The molecule has 1 N–H and O–H groups in total. The van der Waals surface area contributed by atoms with Crippen LogP contribution in [0.1, 0.15) is 52.7 Å². The van der Waals surface area contributed by atoms with Gasteiger partial charge in [0.15, 0.2) is 0 Å². The maximum atomic E-state index is 11.0. The van der Waals surface area contributed by atoms with Crippen LogP contribution in [-0.4, -0.2) is 19.2 Å². The van der Waals surface area contributed by atoms with Crippen molar-refractivity contribution in [1.29, 1.82) is 0 Å². The molecule has 0 aliphatic rings. The van der Waals surface area contributed by atoms with E-state index in [0.29, 0.717) is 5.75 Å². The van der Waals surface area contributed by atoms with Gasteiger partial charge in [-0.2, -0.15) is 0 Å². The molecule has 0 fully saturated rings. The number of phenols is 1. The van der Waals surface area contributed by atoms with Crippen molar-refractivity contribution >= 4 is 27.0 Å². The first-order valence-corrected chi connectivity index (χ1v) is 9.37. The van der Waals surface area contributed by atoms with Crippen LogP contribution in [0.4, 0.5) is 0 Å². The molecular weight excluding hydrogens is 667 g/mol. The van der Waals surface area contributed by atoms with Crippen LogP contribution in [0.25, 0.3) is 16.7 Å². The smallest absolute Gasteiger partial charge is 0.146 e. The van der Waals surface area contributed by atoms with Crippen LogP contribution in [0.5, 0.6) is 5.75 Å². The second kappa shape index (κ2) is 7.22. The van der Waals surface area contributed by atoms with Crippen LogP contribution >= 0.6 is 15.9 Å². The van der Waals surface area contributed by atoms with E-state index >= 15 is 0 Å². The van der Waals surface area contributed by atoms with E-state index in [4.69, 9.17) is 0 Å². The van der Waals surface area contributed by atoms with E-state index in [0.717, 1.165) is 26.8 Å². The quantitative estimate of drug-likeness (QED) is 0.282. The van der Waals surface area contributed by atoms with E-state index in [2.05, 4.69) is 91.0 Å². The molecule has 1 radical (unpaired) electrons. The summed E-state index contributed by atoms with van der Waals surface area (Å²) >= 11 is 3.53. The molecule has 0 aliphatic heterocycles. The maximum Gasteiger partial charge on any atom is 0.146 e. The summed E-state index contributed by atoms with van der Waals surface area (Å²) in [5.41, 5.74) is 5.23. The molecule has 0 bridgehead atoms. The van der Waals surface area contributed by atoms with Crippen molar-refractivity contribution in [3.8, 4) is 11.4 Å². The van der Waals surface area contributed by atoms with Gasteiger partial charge < -0.3 is 5.11 Å². The Morgan fingerprint density at radius 3 is 2.00 bits per heavy atom. The van der Waals surface area contributed by atoms with Gasteiger partial charge >= 0.3 is 0 Å². The van der Waals surface area contributed by atoms with Gasteiger partial charge in [-0.15, -0.1) is 14.1 Å². The Labute approximate surface area is 203 Å². The van der Waals surface area contributed by atoms with E-state index in [9.17, 15) is 5.11 Å². The number of fused-ring (bicyclic) bond motifs is 4. The Balaban J connectivity index is 0.00000131. The third-order valence-corrected chi connectivity index (χ3v) is 5.35. The molecule has 0 amide bonds. The van der Waals surface area contributed by atoms with Gasteiger partial charge in [-0.3, -0.25) is 0 Å². The Morgan fingerprint density at radius 1 is 0.852 bits per heavy atom. The third kappa shape index (κ3) is 3.69. The van der Waals surface area contributed by atoms with Gasteiger partial charge in [0.2, 0.25) is 0 Å². The average molecular weight is 691 g/mol. The van der Waals surface area contributed by atoms with Crippen molar-refractivity contribution < 1.29 is 54.8 Å². The first-order valence-electron chi connectivity index (χ1n) is 8.58. The summed E-state index contributed by atoms with van der Waals surface area (Å²) in [5.74, 6) is 0.361. The Morgan fingerprint density at radius 2 is 1.44 bits per heavy atom. The molecule has 7 heteroatoms. The summed E-state index contributed by atoms with van der Waals surface area (Å²) < 4.78 is 5.21. The fourth-order valence-electron chi connectivity index (χ4n) is 3.30. The van der Waals surface area contributed by atoms with Gasteiger partial charge in [0.25, 0.3) is 0 Å². The minimum Gasteiger partial charge on any atom is -0.505 e. The average Bonchev–Trinajstić information content (AvgIpc) is 3.12. The fraction of sp³-hybridized carbons (Fsp3) is 0.400. The predicted octanol–water partition coefficient (Wildman–Crippen LogP) is 5.48. The number of hydrogen-bond donors (Lipinski definition) is 1. The van der Waals surface area contributed by atoms with Gasteiger partial charge in [-0.25, -0.2) is 0 Å². The van der Waals surface area contributed by atoms with E-state index in [1.165, 1.54) is 5.56 Å². The van der Waals surface area contributed by atoms with Crippen LogP contribution < -0.4 is 0 Å². The Kier molecular flexibility index (Phi) is 6.16. The molecule has 0 saturated heterocycles. The van der Waals surface area contributed by atoms with Crippen molar-refractivity contribution in [2.24, 2.45) is 0 Å². The number of benzene rings is 2. The van der Waals surface area contributed by atoms with E-state index < -0.39 is 0 Å². The number of nitrogens with zero attached hydrogens (tertiary/aromatic N) is 3. The molecule has 0 aliphatic carbocycles. The molecule has 0 atom stereocenters. The van der Waals surface area contributed by atoms with Crippen molar-refractivity contribution in [1.82, 2.24) is 14.1 Å². The Bertz CT molecular complexity index is 1090. The summed E-state index contributed by atoms with van der Waals surface area (Å²) in [7, 11) is 0. The molecule has 0 saturated carbocycles. The van der Waals surface area contributed by atoms with Crippen molar-refractivity contribution in [2.75, 3.05) is 0 Å². The molecule has 4 aromatic rings. The largest absolute Gasteiger partial charge is 0.505 e. The number of hydrogen-bond acceptors (Lipinski definition) is 1. The second-order valence-corrected chi connectivity index (χ2v) is 9.81. The standard InChI is InChI=1S/C20H24BrN3O.U.V/c1-19(2,3)12-9-14(20(4,5)6)18(25)17(10-12)24-22-15-8-7-13(21)11-16(15)23(22)24;;/h7-11,25H,1-6H3;;. The zero-order chi connectivity index (χ0) is 18.3. The van der Waals surface area contributed by atoms with Crippen LogP contribution in [-0.2, 0) is 29.4 Å². The summed E-state index contributed by atoms with van der Waals surface area (Å²) in [5, 5.41) is 11.0. The van der Waals surface area contributed by atoms with Crippen molar-refractivity contribution in [3.63, 3.8) is 0 Å². The van der Waals surface area contributed by atoms with Gasteiger partial charge in [-0.05, 0) is 40.7 Å². The molecule has 2 aromatic carbocycles. The molecule has 27 heavy (non-hydrogen) atoms. The summed E-state index contributed by atoms with van der Waals surface area (Å²) in [6, 6.07) is 10.5. The predicted molar refractivity (Wildman–Crippen MR) is 106 cm³/mol. The van der Waals surface area contributed by atoms with Crippen LogP contribution in [0, 0.1) is 31.1 Å². The normalized spacial score (nSPS) is 12.6. The number of aromatic nitrogens is 3. The van der Waals surface area contributed by atoms with Gasteiger partial charge in [0, 0.05) is 59.7 Å². The van der Waals surface area contributed by atoms with Crippen LogP contribution in [0.3, 0.4) is 0 Å². The number of phenolic OH excluding ortho intramolecular Hbond substituents is 1. The van der Waals surface area contributed by atoms with Crippen LogP contribution in [0.15, 0.2) is 34.8 Å². The minimum atomic E-state index is -0.129. The Hall–Kier alpha value is -0.244. The zero-order valence-corrected chi connectivity index (χ0v) is 23.6. The van der Waals surface area contributed by atoms with Crippen molar-refractivity contribution in [2.45, 2.75) is 52.4 Å². The van der Waals surface area contributed by atoms with E-state index in [-0.39, 0.29) is 60.5 Å². The topological polar surface area (TPSA) is 34.0 Å². The van der Waals surface area contributed by atoms with Crippen molar-refractivity contribution in [3.05, 3.63) is 45.9 Å². The second-order valence-electron chi connectivity index (χ2n) is 8.89. The molecule has 0 unspecified atom stereocenters. The van der Waals surface area contributed by atoms with Gasteiger partial charge in [-0.1, -0.05) is 63.5 Å². The summed E-state index contributed by atoms with van der Waals surface area (Å²) in [4.78, 5) is 2.04. The maximum absolute atomic E-state index is 11.0. The first kappa shape index (κ1) is 23.0. The molecule has 2 heterocycles. The summed E-state index contributed by atoms with van der Waals surface area (Å²) in [6.07, 6.45) is 0. The van der Waals surface area contributed by atoms with Gasteiger partial charge in [0.05, 0.1) is 0 Å². The molecule has 0 spiro atoms. The van der Waals surface area contributed by atoms with Crippen LogP contribution in [0.2, 0.25) is 0 Å². The number of aromatic hydroxyl groups is 1. The molecule has 141 valence electrons. The zero-order valence-electron chi connectivity index (χ0n) is 16.5. The summed E-state index contributed by atoms with van der Waals surface area (Å²) in [6.45, 7) is 13.0. The molecule has 4 rings (SSSR count). The van der Waals surface area contributed by atoms with E-state index in [1.807, 2.05) is 10.9 Å². The molecular formula is C20H24BrN3OUV. The van der Waals surface area contributed by atoms with Gasteiger partial charge in [0.1, 0.15) is 22.5 Å². The SMILES string of the molecule is CC(C)(C)c1cc(-n2n3c4ccc(Br)cc4n23)c(O)c(C(C)(C)C)c1.[U].[V]. The number of rotatable bonds is 1. The molecule has 2 aromatic heterocycles. The monoisotopic (exact) mass is 690 g/mol.